The summed E-state index contributed by atoms with van der Waals surface area (Å²) in [7, 11) is 0. The van der Waals surface area contributed by atoms with Crippen LogP contribution >= 0.6 is 35.6 Å². The molecule has 1 N–H and O–H groups in total. The molecule has 1 aliphatic heterocycles. The minimum Gasteiger partial charge on any atom is -0.481 e. The SMILES string of the molecule is Cc1cccn2c(=O)c(/C=C3/SC(=S)N(CCCCCC(=O)O)C3=O)c(Oc3ccccc3Cl)nc12. The van der Waals surface area contributed by atoms with Crippen molar-refractivity contribution in [2.45, 2.75) is 32.6 Å². The van der Waals surface area contributed by atoms with Crippen molar-refractivity contribution in [3.63, 3.8) is 0 Å². The highest BCUT2D eigenvalue weighted by atomic mass is 35.5. The molecule has 1 fully saturated rings. The average molecular weight is 544 g/mol. The van der Waals surface area contributed by atoms with Gasteiger partial charge in [-0.1, -0.05) is 60.2 Å². The number of thiocarbonyl (C=S) groups is 1. The molecular weight excluding hydrogens is 522 g/mol. The lowest BCUT2D eigenvalue weighted by Gasteiger charge is -2.14. The molecule has 1 aromatic carbocycles. The predicted molar refractivity (Wildman–Crippen MR) is 144 cm³/mol. The molecule has 1 saturated heterocycles. The first-order chi connectivity index (χ1) is 17.3. The fourth-order valence-corrected chi connectivity index (χ4v) is 5.14. The normalized spacial score (nSPS) is 14.7. The fraction of sp³-hybridized carbons (Fsp3) is 0.240. The van der Waals surface area contributed by atoms with E-state index < -0.39 is 11.5 Å². The van der Waals surface area contributed by atoms with Gasteiger partial charge in [0.1, 0.15) is 21.3 Å². The number of amides is 1. The smallest absolute Gasteiger partial charge is 0.303 e. The molecule has 186 valence electrons. The zero-order chi connectivity index (χ0) is 25.8. The van der Waals surface area contributed by atoms with Crippen LogP contribution in [-0.4, -0.2) is 42.1 Å². The second kappa shape index (κ2) is 11.2. The number of hydrogen-bond donors (Lipinski definition) is 1. The van der Waals surface area contributed by atoms with E-state index in [0.717, 1.165) is 17.3 Å². The molecule has 0 spiro atoms. The Morgan fingerprint density at radius 2 is 1.97 bits per heavy atom. The summed E-state index contributed by atoms with van der Waals surface area (Å²) < 4.78 is 7.76. The summed E-state index contributed by atoms with van der Waals surface area (Å²) in [6, 6.07) is 10.4. The van der Waals surface area contributed by atoms with Crippen molar-refractivity contribution in [2.24, 2.45) is 0 Å². The maximum atomic E-state index is 13.5. The van der Waals surface area contributed by atoms with E-state index in [1.54, 1.807) is 36.5 Å². The van der Waals surface area contributed by atoms with Crippen molar-refractivity contribution in [2.75, 3.05) is 6.54 Å². The van der Waals surface area contributed by atoms with E-state index in [1.807, 2.05) is 13.0 Å². The van der Waals surface area contributed by atoms with Gasteiger partial charge < -0.3 is 9.84 Å². The van der Waals surface area contributed by atoms with Gasteiger partial charge in [-0.25, -0.2) is 0 Å². The molecule has 11 heteroatoms. The number of aliphatic carboxylic acids is 1. The Hall–Kier alpha value is -3.21. The van der Waals surface area contributed by atoms with Gasteiger partial charge in [0.25, 0.3) is 11.5 Å². The standard InChI is InChI=1S/C25H22ClN3O5S2/c1-15-8-7-13-28-21(15)27-22(34-18-10-5-4-9-17(18)26)16(23(28)32)14-19-24(33)29(25(35)36-19)12-6-2-3-11-20(30)31/h4-5,7-10,13-14H,2-3,6,11-12H2,1H3,(H,30,31)/b19-14+. The molecule has 36 heavy (non-hydrogen) atoms. The van der Waals surface area contributed by atoms with Crippen molar-refractivity contribution < 1.29 is 19.4 Å². The van der Waals surface area contributed by atoms with Gasteiger partial charge >= 0.3 is 5.97 Å². The number of hydrogen-bond acceptors (Lipinski definition) is 7. The van der Waals surface area contributed by atoms with Gasteiger partial charge in [0.15, 0.2) is 0 Å². The number of nitrogens with zero attached hydrogens (tertiary/aromatic N) is 3. The number of pyridine rings is 1. The lowest BCUT2D eigenvalue weighted by molar-refractivity contribution is -0.137. The quantitative estimate of drug-likeness (QED) is 0.220. The lowest BCUT2D eigenvalue weighted by Crippen LogP contribution is -2.29. The largest absolute Gasteiger partial charge is 0.481 e. The summed E-state index contributed by atoms with van der Waals surface area (Å²) in [4.78, 5) is 43.6. The molecule has 0 atom stereocenters. The van der Waals surface area contributed by atoms with Crippen LogP contribution in [-0.2, 0) is 9.59 Å². The molecule has 3 aromatic rings. The van der Waals surface area contributed by atoms with Gasteiger partial charge in [-0.3, -0.25) is 23.7 Å². The van der Waals surface area contributed by atoms with Gasteiger partial charge in [-0.2, -0.15) is 4.98 Å². The van der Waals surface area contributed by atoms with Crippen LogP contribution in [0.25, 0.3) is 11.7 Å². The van der Waals surface area contributed by atoms with E-state index in [1.165, 1.54) is 15.4 Å². The monoisotopic (exact) mass is 543 g/mol. The number of fused-ring (bicyclic) bond motifs is 1. The van der Waals surface area contributed by atoms with E-state index in [-0.39, 0.29) is 28.7 Å². The lowest BCUT2D eigenvalue weighted by atomic mass is 10.2. The number of thioether (sulfide) groups is 1. The van der Waals surface area contributed by atoms with Crippen LogP contribution in [0.2, 0.25) is 5.02 Å². The topological polar surface area (TPSA) is 101 Å². The summed E-state index contributed by atoms with van der Waals surface area (Å²) in [5.74, 6) is -0.807. The van der Waals surface area contributed by atoms with E-state index in [4.69, 9.17) is 33.7 Å². The Bertz CT molecular complexity index is 1450. The highest BCUT2D eigenvalue weighted by Gasteiger charge is 2.32. The number of aromatic nitrogens is 2. The van der Waals surface area contributed by atoms with E-state index in [0.29, 0.717) is 46.5 Å². The van der Waals surface area contributed by atoms with Gasteiger partial charge in [0, 0.05) is 19.2 Å². The van der Waals surface area contributed by atoms with E-state index in [2.05, 4.69) is 4.98 Å². The third-order valence-electron chi connectivity index (χ3n) is 5.51. The third-order valence-corrected chi connectivity index (χ3v) is 7.20. The number of aryl methyl sites for hydroxylation is 1. The summed E-state index contributed by atoms with van der Waals surface area (Å²) in [6.45, 7) is 2.21. The van der Waals surface area contributed by atoms with Gasteiger partial charge in [-0.05, 0) is 49.6 Å². The summed E-state index contributed by atoms with van der Waals surface area (Å²) in [5.41, 5.74) is 0.902. The minimum absolute atomic E-state index is 0.0290. The third kappa shape index (κ3) is 5.61. The molecule has 3 heterocycles. The van der Waals surface area contributed by atoms with Gasteiger partial charge in [-0.15, -0.1) is 0 Å². The van der Waals surface area contributed by atoms with Gasteiger partial charge in [0.2, 0.25) is 5.88 Å². The summed E-state index contributed by atoms with van der Waals surface area (Å²) >= 11 is 12.8. The molecule has 0 unspecified atom stereocenters. The molecule has 0 radical (unpaired) electrons. The highest BCUT2D eigenvalue weighted by Crippen LogP contribution is 2.35. The number of carboxylic acid groups (broad SMARTS) is 1. The molecule has 8 nitrogen and oxygen atoms in total. The Labute approximate surface area is 221 Å². The molecule has 2 aromatic heterocycles. The first kappa shape index (κ1) is 25.9. The molecule has 0 saturated carbocycles. The number of halogens is 1. The Balaban J connectivity index is 1.68. The van der Waals surface area contributed by atoms with E-state index >= 15 is 0 Å². The van der Waals surface area contributed by atoms with Crippen LogP contribution in [0, 0.1) is 6.92 Å². The summed E-state index contributed by atoms with van der Waals surface area (Å²) in [5, 5.41) is 9.12. The molecule has 4 rings (SSSR count). The minimum atomic E-state index is -0.844. The molecule has 0 aliphatic carbocycles. The number of unbranched alkanes of at least 4 members (excludes halogenated alkanes) is 2. The van der Waals surface area contributed by atoms with Crippen molar-refractivity contribution in [1.82, 2.24) is 14.3 Å². The van der Waals surface area contributed by atoms with Crippen molar-refractivity contribution >= 4 is 63.5 Å². The molecule has 1 aliphatic rings. The number of ether oxygens (including phenoxy) is 1. The number of para-hydroxylation sites is 1. The van der Waals surface area contributed by atoms with Crippen LogP contribution in [0.1, 0.15) is 36.8 Å². The fourth-order valence-electron chi connectivity index (χ4n) is 3.67. The van der Waals surface area contributed by atoms with Crippen LogP contribution in [0.5, 0.6) is 11.6 Å². The van der Waals surface area contributed by atoms with Crippen LogP contribution < -0.4 is 10.3 Å². The Morgan fingerprint density at radius 3 is 2.72 bits per heavy atom. The van der Waals surface area contributed by atoms with Crippen molar-refractivity contribution in [3.8, 4) is 11.6 Å². The summed E-state index contributed by atoms with van der Waals surface area (Å²) in [6.07, 6.45) is 4.96. The molecule has 1 amide bonds. The Morgan fingerprint density at radius 1 is 1.19 bits per heavy atom. The van der Waals surface area contributed by atoms with Crippen LogP contribution in [0.3, 0.4) is 0 Å². The predicted octanol–water partition coefficient (Wildman–Crippen LogP) is 5.29. The van der Waals surface area contributed by atoms with Crippen LogP contribution in [0.15, 0.2) is 52.3 Å². The number of benzene rings is 1. The molecular formula is C25H22ClN3O5S2. The zero-order valence-corrected chi connectivity index (χ0v) is 21.7. The van der Waals surface area contributed by atoms with E-state index in [9.17, 15) is 14.4 Å². The van der Waals surface area contributed by atoms with Crippen LogP contribution in [0.4, 0.5) is 0 Å². The first-order valence-corrected chi connectivity index (χ1v) is 12.8. The maximum absolute atomic E-state index is 13.5. The first-order valence-electron chi connectivity index (χ1n) is 11.2. The second-order valence-corrected chi connectivity index (χ2v) is 10.2. The maximum Gasteiger partial charge on any atom is 0.303 e. The number of carbonyl (C=O) groups is 2. The van der Waals surface area contributed by atoms with Crippen molar-refractivity contribution in [3.05, 3.63) is 74.0 Å². The Kier molecular flexibility index (Phi) is 8.07. The average Bonchev–Trinajstić information content (AvgIpc) is 3.10. The second-order valence-electron chi connectivity index (χ2n) is 8.09. The number of carboxylic acids is 1. The zero-order valence-electron chi connectivity index (χ0n) is 19.3. The molecule has 0 bridgehead atoms. The number of rotatable bonds is 9. The number of carbonyl (C=O) groups excluding carboxylic acids is 1. The highest BCUT2D eigenvalue weighted by molar-refractivity contribution is 8.26. The van der Waals surface area contributed by atoms with Gasteiger partial charge in [0.05, 0.1) is 9.93 Å². The van der Waals surface area contributed by atoms with Crippen molar-refractivity contribution in [1.29, 1.82) is 0 Å².